The maximum atomic E-state index is 11.8. The SMILES string of the molecule is O=C(O)COc1cccc(CC2(O)CCCC2c2nc(-c3ccccc3)c(-c3ccccc3)o2)c1. The van der Waals surface area contributed by atoms with Crippen molar-refractivity contribution in [1.29, 1.82) is 0 Å². The number of aromatic nitrogens is 1. The Labute approximate surface area is 203 Å². The van der Waals surface area contributed by atoms with E-state index < -0.39 is 18.2 Å². The van der Waals surface area contributed by atoms with Gasteiger partial charge >= 0.3 is 5.97 Å². The van der Waals surface area contributed by atoms with E-state index in [0.717, 1.165) is 35.2 Å². The number of hydrogen-bond acceptors (Lipinski definition) is 5. The van der Waals surface area contributed by atoms with Crippen LogP contribution in [0.25, 0.3) is 22.6 Å². The zero-order valence-corrected chi connectivity index (χ0v) is 19.3. The first kappa shape index (κ1) is 22.9. The minimum Gasteiger partial charge on any atom is -0.482 e. The molecule has 178 valence electrons. The molecule has 0 radical (unpaired) electrons. The molecule has 6 heteroatoms. The van der Waals surface area contributed by atoms with Crippen LogP contribution in [-0.4, -0.2) is 33.4 Å². The summed E-state index contributed by atoms with van der Waals surface area (Å²) >= 11 is 0. The Kier molecular flexibility index (Phi) is 6.38. The molecule has 5 rings (SSSR count). The van der Waals surface area contributed by atoms with Crippen LogP contribution in [0.2, 0.25) is 0 Å². The Morgan fingerprint density at radius 3 is 2.43 bits per heavy atom. The van der Waals surface area contributed by atoms with Gasteiger partial charge in [-0.1, -0.05) is 72.8 Å². The largest absolute Gasteiger partial charge is 0.482 e. The zero-order chi connectivity index (χ0) is 24.3. The van der Waals surface area contributed by atoms with Crippen molar-refractivity contribution in [3.63, 3.8) is 0 Å². The highest BCUT2D eigenvalue weighted by atomic mass is 16.5. The maximum Gasteiger partial charge on any atom is 0.341 e. The van der Waals surface area contributed by atoms with Gasteiger partial charge in [-0.15, -0.1) is 0 Å². The third-order valence-corrected chi connectivity index (χ3v) is 6.55. The molecular formula is C29H27NO5. The predicted octanol–water partition coefficient (Wildman–Crippen LogP) is 5.71. The lowest BCUT2D eigenvalue weighted by molar-refractivity contribution is -0.139. The number of benzene rings is 3. The smallest absolute Gasteiger partial charge is 0.341 e. The molecule has 1 heterocycles. The number of aliphatic carboxylic acids is 1. The summed E-state index contributed by atoms with van der Waals surface area (Å²) < 4.78 is 11.7. The summed E-state index contributed by atoms with van der Waals surface area (Å²) in [4.78, 5) is 15.8. The monoisotopic (exact) mass is 469 g/mol. The summed E-state index contributed by atoms with van der Waals surface area (Å²) in [6.07, 6.45) is 2.65. The Morgan fingerprint density at radius 2 is 1.71 bits per heavy atom. The van der Waals surface area contributed by atoms with Gasteiger partial charge in [0.2, 0.25) is 5.89 Å². The summed E-state index contributed by atoms with van der Waals surface area (Å²) in [5.41, 5.74) is 2.52. The molecule has 4 aromatic rings. The van der Waals surface area contributed by atoms with Crippen LogP contribution in [0, 0.1) is 0 Å². The summed E-state index contributed by atoms with van der Waals surface area (Å²) in [6.45, 7) is -0.406. The molecule has 0 bridgehead atoms. The van der Waals surface area contributed by atoms with E-state index in [1.165, 1.54) is 0 Å². The lowest BCUT2D eigenvalue weighted by Crippen LogP contribution is -2.34. The number of carbonyl (C=O) groups is 1. The van der Waals surface area contributed by atoms with Crippen molar-refractivity contribution in [2.75, 3.05) is 6.61 Å². The fraction of sp³-hybridized carbons (Fsp3) is 0.241. The fourth-order valence-corrected chi connectivity index (χ4v) is 4.93. The van der Waals surface area contributed by atoms with Crippen LogP contribution in [-0.2, 0) is 11.2 Å². The molecule has 2 unspecified atom stereocenters. The van der Waals surface area contributed by atoms with Gasteiger partial charge in [0, 0.05) is 17.5 Å². The highest BCUT2D eigenvalue weighted by molar-refractivity contribution is 5.76. The van der Waals surface area contributed by atoms with E-state index in [4.69, 9.17) is 19.2 Å². The van der Waals surface area contributed by atoms with Gasteiger partial charge in [-0.05, 0) is 37.0 Å². The van der Waals surface area contributed by atoms with E-state index in [-0.39, 0.29) is 5.92 Å². The van der Waals surface area contributed by atoms with Gasteiger partial charge in [-0.2, -0.15) is 0 Å². The Balaban J connectivity index is 1.47. The van der Waals surface area contributed by atoms with E-state index in [1.54, 1.807) is 12.1 Å². The molecule has 1 aromatic heterocycles. The third-order valence-electron chi connectivity index (χ3n) is 6.55. The standard InChI is InChI=1S/C29H27NO5/c31-25(32)19-34-23-14-7-9-20(17-23)18-29(33)16-8-15-24(29)28-30-26(21-10-3-1-4-11-21)27(35-28)22-12-5-2-6-13-22/h1-7,9-14,17,24,33H,8,15-16,18-19H2,(H,31,32). The third kappa shape index (κ3) is 4.98. The lowest BCUT2D eigenvalue weighted by atomic mass is 9.84. The summed E-state index contributed by atoms with van der Waals surface area (Å²) in [5.74, 6) is 0.422. The zero-order valence-electron chi connectivity index (χ0n) is 19.3. The fourth-order valence-electron chi connectivity index (χ4n) is 4.93. The minimum atomic E-state index is -1.03. The van der Waals surface area contributed by atoms with E-state index in [2.05, 4.69) is 0 Å². The van der Waals surface area contributed by atoms with Crippen molar-refractivity contribution in [1.82, 2.24) is 4.98 Å². The second-order valence-corrected chi connectivity index (χ2v) is 9.02. The number of oxazole rings is 1. The Hall–Kier alpha value is -3.90. The first-order valence-electron chi connectivity index (χ1n) is 11.8. The van der Waals surface area contributed by atoms with Crippen molar-refractivity contribution in [2.45, 2.75) is 37.2 Å². The molecule has 2 atom stereocenters. The highest BCUT2D eigenvalue weighted by Gasteiger charge is 2.45. The van der Waals surface area contributed by atoms with Gasteiger partial charge in [-0.3, -0.25) is 0 Å². The van der Waals surface area contributed by atoms with Gasteiger partial charge in [0.15, 0.2) is 12.4 Å². The first-order valence-corrected chi connectivity index (χ1v) is 11.8. The average Bonchev–Trinajstić information content (AvgIpc) is 3.48. The number of ether oxygens (including phenoxy) is 1. The van der Waals surface area contributed by atoms with Crippen LogP contribution in [0.3, 0.4) is 0 Å². The second-order valence-electron chi connectivity index (χ2n) is 9.02. The Morgan fingerprint density at radius 1 is 1.00 bits per heavy atom. The second kappa shape index (κ2) is 9.76. The summed E-state index contributed by atoms with van der Waals surface area (Å²) in [6, 6.07) is 27.1. The molecule has 1 fully saturated rings. The van der Waals surface area contributed by atoms with Crippen LogP contribution in [0.1, 0.15) is 36.6 Å². The van der Waals surface area contributed by atoms with Crippen LogP contribution in [0.5, 0.6) is 5.75 Å². The van der Waals surface area contributed by atoms with Crippen molar-refractivity contribution in [3.8, 4) is 28.3 Å². The molecule has 3 aromatic carbocycles. The van der Waals surface area contributed by atoms with E-state index in [0.29, 0.717) is 30.2 Å². The van der Waals surface area contributed by atoms with Gasteiger partial charge in [0.05, 0.1) is 11.5 Å². The van der Waals surface area contributed by atoms with Crippen molar-refractivity contribution < 1.29 is 24.2 Å². The molecule has 6 nitrogen and oxygen atoms in total. The number of rotatable bonds is 8. The number of carboxylic acid groups (broad SMARTS) is 1. The lowest BCUT2D eigenvalue weighted by Gasteiger charge is -2.28. The number of aliphatic hydroxyl groups is 1. The molecule has 0 amide bonds. The van der Waals surface area contributed by atoms with Crippen molar-refractivity contribution in [3.05, 3.63) is 96.4 Å². The average molecular weight is 470 g/mol. The molecule has 0 saturated heterocycles. The minimum absolute atomic E-state index is 0.258. The summed E-state index contributed by atoms with van der Waals surface area (Å²) in [5, 5.41) is 20.7. The number of hydrogen-bond donors (Lipinski definition) is 2. The highest BCUT2D eigenvalue weighted by Crippen LogP contribution is 2.47. The predicted molar refractivity (Wildman–Crippen MR) is 132 cm³/mol. The summed E-state index contributed by atoms with van der Waals surface area (Å²) in [7, 11) is 0. The van der Waals surface area contributed by atoms with Gasteiger partial charge in [0.25, 0.3) is 0 Å². The number of nitrogens with zero attached hydrogens (tertiary/aromatic N) is 1. The van der Waals surface area contributed by atoms with Gasteiger partial charge in [-0.25, -0.2) is 9.78 Å². The first-order chi connectivity index (χ1) is 17.0. The molecule has 35 heavy (non-hydrogen) atoms. The molecule has 1 aliphatic carbocycles. The molecule has 0 spiro atoms. The van der Waals surface area contributed by atoms with E-state index >= 15 is 0 Å². The van der Waals surface area contributed by atoms with Crippen molar-refractivity contribution in [2.24, 2.45) is 0 Å². The van der Waals surface area contributed by atoms with Crippen LogP contribution in [0.4, 0.5) is 0 Å². The molecule has 1 aliphatic rings. The normalized spacial score (nSPS) is 19.5. The van der Waals surface area contributed by atoms with Gasteiger partial charge < -0.3 is 19.4 Å². The molecule has 1 saturated carbocycles. The molecule has 2 N–H and O–H groups in total. The molecule has 0 aliphatic heterocycles. The van der Waals surface area contributed by atoms with Crippen LogP contribution < -0.4 is 4.74 Å². The van der Waals surface area contributed by atoms with Crippen molar-refractivity contribution >= 4 is 5.97 Å². The Bertz CT molecular complexity index is 1240. The van der Waals surface area contributed by atoms with E-state index in [9.17, 15) is 9.90 Å². The topological polar surface area (TPSA) is 92.8 Å². The number of carboxylic acids is 1. The maximum absolute atomic E-state index is 11.8. The van der Waals surface area contributed by atoms with Crippen LogP contribution in [0.15, 0.2) is 89.3 Å². The quantitative estimate of drug-likeness (QED) is 0.343. The van der Waals surface area contributed by atoms with E-state index in [1.807, 2.05) is 72.8 Å². The van der Waals surface area contributed by atoms with Crippen LogP contribution >= 0.6 is 0 Å². The molecular weight excluding hydrogens is 442 g/mol. The van der Waals surface area contributed by atoms with Gasteiger partial charge in [0.1, 0.15) is 11.4 Å².